The molecule has 40 heavy (non-hydrogen) atoms. The number of quaternary nitrogens is 1. The highest BCUT2D eigenvalue weighted by molar-refractivity contribution is 7.45. The first-order chi connectivity index (χ1) is 19.1. The minimum atomic E-state index is -4.51. The average molecular weight is 590 g/mol. The summed E-state index contributed by atoms with van der Waals surface area (Å²) in [5.41, 5.74) is -0.894. The summed E-state index contributed by atoms with van der Waals surface area (Å²) in [4.78, 5) is 25.7. The van der Waals surface area contributed by atoms with Gasteiger partial charge in [-0.15, -0.1) is 0 Å². The maximum atomic E-state index is 13.1. The highest BCUT2D eigenvalue weighted by atomic mass is 31.2. The molecule has 1 aliphatic carbocycles. The number of esters is 1. The van der Waals surface area contributed by atoms with Gasteiger partial charge in [-0.05, 0) is 32.6 Å². The normalized spacial score (nSPS) is 21.0. The lowest BCUT2D eigenvalue weighted by atomic mass is 9.79. The van der Waals surface area contributed by atoms with Gasteiger partial charge in [0, 0.05) is 0 Å². The summed E-state index contributed by atoms with van der Waals surface area (Å²) in [7, 11) is 1.41. The van der Waals surface area contributed by atoms with E-state index in [4.69, 9.17) is 13.8 Å². The van der Waals surface area contributed by atoms with Crippen LogP contribution in [0.5, 0.6) is 0 Å². The van der Waals surface area contributed by atoms with Crippen molar-refractivity contribution >= 4 is 13.8 Å². The Bertz CT molecular complexity index is 697. The lowest BCUT2D eigenvalue weighted by Gasteiger charge is -2.36. The van der Waals surface area contributed by atoms with E-state index in [2.05, 4.69) is 6.92 Å². The average Bonchev–Trinajstić information content (AvgIpc) is 3.27. The number of carbonyl (C=O) groups excluding carboxylic acids is 1. The van der Waals surface area contributed by atoms with Crippen LogP contribution in [0.25, 0.3) is 0 Å². The molecule has 8 heteroatoms. The zero-order valence-corrected chi connectivity index (χ0v) is 27.8. The van der Waals surface area contributed by atoms with E-state index in [0.717, 1.165) is 25.7 Å². The first-order valence-corrected chi connectivity index (χ1v) is 18.1. The predicted octanol–water partition coefficient (Wildman–Crippen LogP) is 8.34. The van der Waals surface area contributed by atoms with Gasteiger partial charge in [-0.2, -0.15) is 0 Å². The van der Waals surface area contributed by atoms with Crippen molar-refractivity contribution in [3.63, 3.8) is 0 Å². The highest BCUT2D eigenvalue weighted by Gasteiger charge is 2.51. The van der Waals surface area contributed by atoms with Gasteiger partial charge >= 0.3 is 5.97 Å². The zero-order chi connectivity index (χ0) is 29.7. The Morgan fingerprint density at radius 1 is 0.825 bits per heavy atom. The third-order valence-corrected chi connectivity index (χ3v) is 9.39. The second kappa shape index (κ2) is 21.3. The summed E-state index contributed by atoms with van der Waals surface area (Å²) in [6.07, 6.45) is 23.9. The molecule has 0 heterocycles. The van der Waals surface area contributed by atoms with E-state index < -0.39 is 19.3 Å². The molecule has 1 fully saturated rings. The van der Waals surface area contributed by atoms with Crippen molar-refractivity contribution in [3.8, 4) is 0 Å². The molecule has 0 radical (unpaired) electrons. The van der Waals surface area contributed by atoms with E-state index in [1.165, 1.54) is 89.9 Å². The third-order valence-electron chi connectivity index (χ3n) is 8.38. The molecular formula is C32H64NO6P. The molecule has 1 rings (SSSR count). The molecule has 0 bridgehead atoms. The van der Waals surface area contributed by atoms with Crippen LogP contribution >= 0.6 is 7.82 Å². The van der Waals surface area contributed by atoms with Crippen molar-refractivity contribution in [2.45, 2.75) is 155 Å². The van der Waals surface area contributed by atoms with Crippen molar-refractivity contribution in [1.29, 1.82) is 0 Å². The first-order valence-electron chi connectivity index (χ1n) is 16.7. The number of unbranched alkanes of at least 4 members (excludes halogenated alkanes) is 16. The topological polar surface area (TPSA) is 84.9 Å². The molecule has 238 valence electrons. The highest BCUT2D eigenvalue weighted by Crippen LogP contribution is 2.52. The molecular weight excluding hydrogens is 525 g/mol. The van der Waals surface area contributed by atoms with Gasteiger partial charge < -0.3 is 23.2 Å². The largest absolute Gasteiger partial charge is 0.756 e. The zero-order valence-electron chi connectivity index (χ0n) is 26.9. The minimum absolute atomic E-state index is 0.0581. The van der Waals surface area contributed by atoms with Crippen LogP contribution in [-0.4, -0.2) is 57.5 Å². The summed E-state index contributed by atoms with van der Waals surface area (Å²) in [6, 6.07) is 0. The Hall–Kier alpha value is -0.460. The number of carbonyl (C=O) groups is 1. The number of likely N-dealkylation sites (N-methyl/N-ethyl adjacent to an activating group) is 1. The second-order valence-corrected chi connectivity index (χ2v) is 14.4. The van der Waals surface area contributed by atoms with E-state index in [9.17, 15) is 14.3 Å². The van der Waals surface area contributed by atoms with Crippen molar-refractivity contribution < 1.29 is 32.5 Å². The van der Waals surface area contributed by atoms with Gasteiger partial charge in [-0.1, -0.05) is 116 Å². The van der Waals surface area contributed by atoms with Gasteiger partial charge in [0.15, 0.2) is 0 Å². The Kier molecular flexibility index (Phi) is 20.0. The first kappa shape index (κ1) is 37.6. The van der Waals surface area contributed by atoms with Crippen molar-refractivity contribution in [1.82, 2.24) is 0 Å². The van der Waals surface area contributed by atoms with Crippen molar-refractivity contribution in [2.24, 2.45) is 5.41 Å². The van der Waals surface area contributed by atoms with Crippen molar-refractivity contribution in [3.05, 3.63) is 0 Å². The fraction of sp³-hybridized carbons (Fsp3) is 0.969. The minimum Gasteiger partial charge on any atom is -0.756 e. The molecule has 0 saturated heterocycles. The van der Waals surface area contributed by atoms with E-state index in [0.29, 0.717) is 30.3 Å². The Balaban J connectivity index is 2.29. The number of phosphoric acid groups is 1. The summed E-state index contributed by atoms with van der Waals surface area (Å²) >= 11 is 0. The predicted molar refractivity (Wildman–Crippen MR) is 163 cm³/mol. The Morgan fingerprint density at radius 3 is 1.75 bits per heavy atom. The molecule has 7 nitrogen and oxygen atoms in total. The summed E-state index contributed by atoms with van der Waals surface area (Å²) in [5.74, 6) is -0.319. The Morgan fingerprint density at radius 2 is 1.30 bits per heavy atom. The van der Waals surface area contributed by atoms with Crippen molar-refractivity contribution in [2.75, 3.05) is 40.9 Å². The summed E-state index contributed by atoms with van der Waals surface area (Å²) < 4.78 is 29.3. The van der Waals surface area contributed by atoms with Crippen LogP contribution in [0.2, 0.25) is 0 Å². The maximum Gasteiger partial charge on any atom is 0.314 e. The number of phosphoric ester groups is 1. The van der Waals surface area contributed by atoms with Crippen LogP contribution in [0.4, 0.5) is 0 Å². The monoisotopic (exact) mass is 589 g/mol. The lowest BCUT2D eigenvalue weighted by molar-refractivity contribution is -0.870. The standard InChI is InChI=1S/C32H64NO6P/c1-6-8-9-10-11-12-13-14-15-16-17-18-19-20-21-22-23-26-32(31(34)37-7-2)27-24-25-30(32)39-40(35,36)38-29-28-33(3,4)5/h30H,6-29H2,1-5H3/t30-,32+/m0/s1. The molecule has 1 unspecified atom stereocenters. The van der Waals surface area contributed by atoms with Gasteiger partial charge in [0.2, 0.25) is 0 Å². The van der Waals surface area contributed by atoms with Gasteiger partial charge in [0.25, 0.3) is 7.82 Å². The fourth-order valence-electron chi connectivity index (χ4n) is 5.87. The molecule has 0 amide bonds. The van der Waals surface area contributed by atoms with Crippen LogP contribution in [0.15, 0.2) is 0 Å². The van der Waals surface area contributed by atoms with Crippen LogP contribution in [0.3, 0.4) is 0 Å². The Labute approximate surface area is 247 Å². The van der Waals surface area contributed by atoms with Crippen LogP contribution in [0, 0.1) is 5.41 Å². The van der Waals surface area contributed by atoms with Crippen LogP contribution < -0.4 is 4.89 Å². The van der Waals surface area contributed by atoms with Gasteiger partial charge in [-0.25, -0.2) is 0 Å². The molecule has 0 aromatic rings. The molecule has 3 atom stereocenters. The third kappa shape index (κ3) is 16.9. The fourth-order valence-corrected chi connectivity index (χ4v) is 6.85. The number of rotatable bonds is 26. The number of hydrogen-bond donors (Lipinski definition) is 0. The van der Waals surface area contributed by atoms with Gasteiger partial charge in [0.05, 0.1) is 39.3 Å². The lowest BCUT2D eigenvalue weighted by Crippen LogP contribution is -2.42. The van der Waals surface area contributed by atoms with E-state index in [-0.39, 0.29) is 19.2 Å². The van der Waals surface area contributed by atoms with Crippen LogP contribution in [0.1, 0.15) is 149 Å². The van der Waals surface area contributed by atoms with Gasteiger partial charge in [0.1, 0.15) is 13.2 Å². The molecule has 0 N–H and O–H groups in total. The number of hydrogen-bond acceptors (Lipinski definition) is 6. The molecule has 0 aromatic heterocycles. The van der Waals surface area contributed by atoms with E-state index >= 15 is 0 Å². The molecule has 1 saturated carbocycles. The number of ether oxygens (including phenoxy) is 1. The van der Waals surface area contributed by atoms with Crippen LogP contribution in [-0.2, 0) is 23.1 Å². The summed E-state index contributed by atoms with van der Waals surface area (Å²) in [6.45, 7) is 4.94. The molecule has 0 aliphatic heterocycles. The SMILES string of the molecule is CCCCCCCCCCCCCCCCCCC[C@@]1(C(=O)OCC)CCC[C@@H]1OP(=O)([O-])OCC[N+](C)(C)C. The number of nitrogens with zero attached hydrogens (tertiary/aromatic N) is 1. The van der Waals surface area contributed by atoms with E-state index in [1.54, 1.807) is 6.92 Å². The van der Waals surface area contributed by atoms with E-state index in [1.807, 2.05) is 21.1 Å². The second-order valence-electron chi connectivity index (χ2n) is 13.1. The smallest absolute Gasteiger partial charge is 0.314 e. The quantitative estimate of drug-likeness (QED) is 0.0436. The summed E-state index contributed by atoms with van der Waals surface area (Å²) in [5, 5.41) is 0. The molecule has 1 aliphatic rings. The van der Waals surface area contributed by atoms with Gasteiger partial charge in [-0.3, -0.25) is 9.36 Å². The maximum absolute atomic E-state index is 13.1. The molecule has 0 aromatic carbocycles. The molecule has 0 spiro atoms.